The van der Waals surface area contributed by atoms with Gasteiger partial charge in [-0.25, -0.2) is 0 Å². The second kappa shape index (κ2) is 6.38. The lowest BCUT2D eigenvalue weighted by Crippen LogP contribution is -2.44. The molecule has 1 aromatic rings. The maximum Gasteiger partial charge on any atom is 0.229 e. The second-order valence-corrected chi connectivity index (χ2v) is 6.61. The van der Waals surface area contributed by atoms with Crippen molar-refractivity contribution in [3.63, 3.8) is 0 Å². The van der Waals surface area contributed by atoms with E-state index in [1.54, 1.807) is 7.11 Å². The number of carbonyl (C=O) groups excluding carboxylic acids is 1. The van der Waals surface area contributed by atoms with Crippen molar-refractivity contribution in [2.45, 2.75) is 25.8 Å². The Morgan fingerprint density at radius 2 is 2.00 bits per heavy atom. The fourth-order valence-electron chi connectivity index (χ4n) is 3.72. The molecule has 2 fully saturated rings. The lowest BCUT2D eigenvalue weighted by molar-refractivity contribution is -0.138. The number of hydrogen-bond donors (Lipinski definition) is 0. The van der Waals surface area contributed by atoms with Crippen LogP contribution in [0.1, 0.15) is 24.8 Å². The van der Waals surface area contributed by atoms with Crippen molar-refractivity contribution >= 4 is 5.91 Å². The van der Waals surface area contributed by atoms with Crippen LogP contribution in [0.3, 0.4) is 0 Å². The van der Waals surface area contributed by atoms with Crippen LogP contribution < -0.4 is 0 Å². The summed E-state index contributed by atoms with van der Waals surface area (Å²) in [5.41, 5.74) is 1.15. The third-order valence-electron chi connectivity index (χ3n) is 5.14. The van der Waals surface area contributed by atoms with Gasteiger partial charge in [-0.05, 0) is 32.4 Å². The number of likely N-dealkylation sites (tertiary alicyclic amines) is 2. The highest BCUT2D eigenvalue weighted by molar-refractivity contribution is 5.85. The van der Waals surface area contributed by atoms with Gasteiger partial charge >= 0.3 is 0 Å². The van der Waals surface area contributed by atoms with Crippen LogP contribution in [0.15, 0.2) is 12.4 Å². The maximum absolute atomic E-state index is 12.7. The zero-order valence-corrected chi connectivity index (χ0v) is 13.6. The average molecular weight is 306 g/mol. The van der Waals surface area contributed by atoms with Gasteiger partial charge in [0.25, 0.3) is 0 Å². The third kappa shape index (κ3) is 3.03. The number of methoxy groups -OCH3 is 1. The van der Waals surface area contributed by atoms with Crippen LogP contribution in [-0.2, 0) is 23.1 Å². The van der Waals surface area contributed by atoms with Crippen molar-refractivity contribution in [3.05, 3.63) is 18.0 Å². The molecule has 22 heavy (non-hydrogen) atoms. The number of ether oxygens (including phenoxy) is 1. The smallest absolute Gasteiger partial charge is 0.229 e. The van der Waals surface area contributed by atoms with Gasteiger partial charge in [0.05, 0.1) is 18.2 Å². The summed E-state index contributed by atoms with van der Waals surface area (Å²) in [7, 11) is 3.63. The van der Waals surface area contributed by atoms with Crippen LogP contribution in [0.2, 0.25) is 0 Å². The van der Waals surface area contributed by atoms with Crippen LogP contribution in [0.25, 0.3) is 0 Å². The quantitative estimate of drug-likeness (QED) is 0.810. The first kappa shape index (κ1) is 15.5. The molecule has 6 heteroatoms. The van der Waals surface area contributed by atoms with E-state index in [0.29, 0.717) is 12.5 Å². The molecule has 1 amide bonds. The largest absolute Gasteiger partial charge is 0.383 e. The fourth-order valence-corrected chi connectivity index (χ4v) is 3.72. The summed E-state index contributed by atoms with van der Waals surface area (Å²) < 4.78 is 6.95. The number of aromatic nitrogens is 2. The monoisotopic (exact) mass is 306 g/mol. The molecule has 0 N–H and O–H groups in total. The van der Waals surface area contributed by atoms with E-state index in [0.717, 1.165) is 52.0 Å². The van der Waals surface area contributed by atoms with Gasteiger partial charge in [-0.2, -0.15) is 5.10 Å². The second-order valence-electron chi connectivity index (χ2n) is 6.61. The zero-order valence-electron chi connectivity index (χ0n) is 13.6. The van der Waals surface area contributed by atoms with Crippen LogP contribution >= 0.6 is 0 Å². The molecule has 0 aliphatic carbocycles. The number of carbonyl (C=O) groups is 1. The van der Waals surface area contributed by atoms with Crippen LogP contribution in [0.5, 0.6) is 0 Å². The van der Waals surface area contributed by atoms with Crippen molar-refractivity contribution in [2.75, 3.05) is 39.9 Å². The highest BCUT2D eigenvalue weighted by Crippen LogP contribution is 2.41. The molecule has 2 saturated heterocycles. The first-order chi connectivity index (χ1) is 10.6. The predicted molar refractivity (Wildman–Crippen MR) is 83.2 cm³/mol. The Bertz CT molecular complexity index is 520. The van der Waals surface area contributed by atoms with Crippen molar-refractivity contribution in [1.82, 2.24) is 19.6 Å². The van der Waals surface area contributed by atoms with E-state index in [-0.39, 0.29) is 5.41 Å². The molecule has 0 aromatic carbocycles. The van der Waals surface area contributed by atoms with Crippen LogP contribution in [0.4, 0.5) is 0 Å². The Morgan fingerprint density at radius 3 is 2.64 bits per heavy atom. The third-order valence-corrected chi connectivity index (χ3v) is 5.14. The Balaban J connectivity index is 1.54. The minimum absolute atomic E-state index is 0.0980. The number of piperidine rings is 1. The number of hydrogen-bond acceptors (Lipinski definition) is 4. The summed E-state index contributed by atoms with van der Waals surface area (Å²) in [5, 5.41) is 4.22. The topological polar surface area (TPSA) is 50.6 Å². The minimum atomic E-state index is -0.0980. The van der Waals surface area contributed by atoms with E-state index >= 15 is 0 Å². The van der Waals surface area contributed by atoms with Crippen molar-refractivity contribution < 1.29 is 9.53 Å². The number of rotatable bonds is 5. The van der Waals surface area contributed by atoms with Gasteiger partial charge in [0.2, 0.25) is 5.91 Å². The first-order valence-corrected chi connectivity index (χ1v) is 8.11. The normalized spacial score (nSPS) is 21.9. The molecule has 3 heterocycles. The summed E-state index contributed by atoms with van der Waals surface area (Å²) in [4.78, 5) is 17.1. The van der Waals surface area contributed by atoms with E-state index in [2.05, 4.69) is 16.2 Å². The average Bonchev–Trinajstić information content (AvgIpc) is 3.05. The molecular weight excluding hydrogens is 280 g/mol. The van der Waals surface area contributed by atoms with E-state index in [1.807, 2.05) is 22.8 Å². The summed E-state index contributed by atoms with van der Waals surface area (Å²) in [5.74, 6) is 0.352. The molecule has 0 unspecified atom stereocenters. The highest BCUT2D eigenvalue weighted by atomic mass is 16.5. The van der Waals surface area contributed by atoms with Crippen LogP contribution in [0, 0.1) is 5.41 Å². The van der Waals surface area contributed by atoms with Crippen molar-refractivity contribution in [2.24, 2.45) is 12.5 Å². The van der Waals surface area contributed by atoms with E-state index in [9.17, 15) is 4.79 Å². The SMILES string of the molecule is COCCN1CCC2(CCN(Cc3cnn(C)c3)CC2)C1=O. The molecule has 0 bridgehead atoms. The number of nitrogens with zero attached hydrogens (tertiary/aromatic N) is 4. The van der Waals surface area contributed by atoms with Crippen molar-refractivity contribution in [3.8, 4) is 0 Å². The zero-order chi connectivity index (χ0) is 15.6. The molecule has 2 aliphatic heterocycles. The van der Waals surface area contributed by atoms with Gasteiger partial charge in [-0.15, -0.1) is 0 Å². The molecule has 3 rings (SSSR count). The van der Waals surface area contributed by atoms with Gasteiger partial charge in [0.15, 0.2) is 0 Å². The lowest BCUT2D eigenvalue weighted by atomic mass is 9.77. The van der Waals surface area contributed by atoms with Gasteiger partial charge < -0.3 is 9.64 Å². The Kier molecular flexibility index (Phi) is 4.49. The van der Waals surface area contributed by atoms with Gasteiger partial charge in [0.1, 0.15) is 0 Å². The van der Waals surface area contributed by atoms with Gasteiger partial charge in [0, 0.05) is 45.6 Å². The molecular formula is C16H26N4O2. The maximum atomic E-state index is 12.7. The Hall–Kier alpha value is -1.40. The molecule has 1 aromatic heterocycles. The predicted octanol–water partition coefficient (Wildman–Crippen LogP) is 0.881. The molecule has 1 spiro atoms. The van der Waals surface area contributed by atoms with E-state index in [4.69, 9.17) is 4.74 Å². The minimum Gasteiger partial charge on any atom is -0.383 e. The number of aryl methyl sites for hydroxylation is 1. The summed E-state index contributed by atoms with van der Waals surface area (Å²) in [6.07, 6.45) is 6.97. The standard InChI is InChI=1S/C16H26N4O2/c1-18-12-14(11-17-18)13-19-6-3-16(4-7-19)5-8-20(15(16)21)9-10-22-2/h11-12H,3-10,13H2,1-2H3. The Morgan fingerprint density at radius 1 is 1.27 bits per heavy atom. The fraction of sp³-hybridized carbons (Fsp3) is 0.750. The highest BCUT2D eigenvalue weighted by Gasteiger charge is 2.47. The Labute approximate surface area is 132 Å². The summed E-state index contributed by atoms with van der Waals surface area (Å²) >= 11 is 0. The molecule has 0 atom stereocenters. The number of amides is 1. The van der Waals surface area contributed by atoms with Gasteiger partial charge in [-0.1, -0.05) is 0 Å². The molecule has 6 nitrogen and oxygen atoms in total. The van der Waals surface area contributed by atoms with E-state index in [1.165, 1.54) is 5.56 Å². The molecule has 0 saturated carbocycles. The summed E-state index contributed by atoms with van der Waals surface area (Å²) in [6, 6.07) is 0. The molecule has 0 radical (unpaired) electrons. The van der Waals surface area contributed by atoms with Crippen molar-refractivity contribution in [1.29, 1.82) is 0 Å². The molecule has 2 aliphatic rings. The lowest BCUT2D eigenvalue weighted by Gasteiger charge is -2.37. The molecule has 122 valence electrons. The summed E-state index contributed by atoms with van der Waals surface area (Å²) in [6.45, 7) is 5.19. The van der Waals surface area contributed by atoms with Crippen LogP contribution in [-0.4, -0.2) is 65.4 Å². The van der Waals surface area contributed by atoms with E-state index < -0.39 is 0 Å². The first-order valence-electron chi connectivity index (χ1n) is 8.11. The van der Waals surface area contributed by atoms with Gasteiger partial charge in [-0.3, -0.25) is 14.4 Å².